The third-order valence-corrected chi connectivity index (χ3v) is 11.8. The number of phenols is 1. The number of anilines is 1. The molecule has 2 atom stereocenters. The summed E-state index contributed by atoms with van der Waals surface area (Å²) in [4.78, 5) is 4.32. The minimum absolute atomic E-state index is 0.0773. The average molecular weight is 485 g/mol. The third kappa shape index (κ3) is 5.15. The van der Waals surface area contributed by atoms with Gasteiger partial charge in [-0.1, -0.05) is 32.4 Å². The lowest BCUT2D eigenvalue weighted by Gasteiger charge is -2.41. The van der Waals surface area contributed by atoms with Crippen molar-refractivity contribution < 1.29 is 9.53 Å². The van der Waals surface area contributed by atoms with E-state index in [9.17, 15) is 5.11 Å². The molecule has 33 heavy (non-hydrogen) atoms. The first kappa shape index (κ1) is 23.9. The summed E-state index contributed by atoms with van der Waals surface area (Å²) in [7, 11) is -1.81. The molecule has 0 bridgehead atoms. The molecule has 176 valence electrons. The summed E-state index contributed by atoms with van der Waals surface area (Å²) in [5, 5.41) is 25.4. The van der Waals surface area contributed by atoms with Crippen LogP contribution >= 0.6 is 11.6 Å². The van der Waals surface area contributed by atoms with E-state index in [-0.39, 0.29) is 22.9 Å². The molecule has 4 rings (SSSR count). The molecule has 0 radical (unpaired) electrons. The minimum atomic E-state index is -1.81. The average Bonchev–Trinajstić information content (AvgIpc) is 2.74. The normalized spacial score (nSPS) is 19.6. The number of benzene rings is 1. The summed E-state index contributed by atoms with van der Waals surface area (Å²) >= 11 is 6.01. The van der Waals surface area contributed by atoms with Gasteiger partial charge in [0.1, 0.15) is 11.4 Å². The van der Waals surface area contributed by atoms with Crippen LogP contribution in [0.5, 0.6) is 5.75 Å². The number of rotatable bonds is 5. The van der Waals surface area contributed by atoms with Gasteiger partial charge in [-0.15, -0.1) is 10.2 Å². The fourth-order valence-corrected chi connectivity index (χ4v) is 5.75. The predicted octanol–water partition coefficient (Wildman–Crippen LogP) is 6.80. The zero-order valence-corrected chi connectivity index (χ0v) is 21.8. The first-order valence-corrected chi connectivity index (χ1v) is 14.9. The Hall–Kier alpha value is -2.22. The lowest BCUT2D eigenvalue weighted by atomic mass is 9.93. The molecule has 2 N–H and O–H groups in total. The number of aromatic hydroxyl groups is 1. The summed E-state index contributed by atoms with van der Waals surface area (Å²) < 4.78 is 6.71. The van der Waals surface area contributed by atoms with Gasteiger partial charge in [-0.2, -0.15) is 0 Å². The molecule has 1 aromatic carbocycles. The molecule has 8 heteroatoms. The molecular formula is C25H33ClN4O2Si. The second kappa shape index (κ2) is 9.20. The Labute approximate surface area is 201 Å². The fourth-order valence-electron chi connectivity index (χ4n) is 4.18. The summed E-state index contributed by atoms with van der Waals surface area (Å²) in [6.45, 7) is 11.5. The summed E-state index contributed by atoms with van der Waals surface area (Å²) in [5.41, 5.74) is 1.20. The molecule has 0 aliphatic heterocycles. The number of phenolic OH excluding ortho intramolecular Hbond substituents is 1. The molecule has 6 nitrogen and oxygen atoms in total. The molecule has 3 aromatic rings. The molecule has 1 fully saturated rings. The Kier molecular flexibility index (Phi) is 6.67. The minimum Gasteiger partial charge on any atom is -0.507 e. The molecule has 2 aromatic heterocycles. The number of nitrogens with one attached hydrogen (secondary N) is 1. The highest BCUT2D eigenvalue weighted by Crippen LogP contribution is 2.40. The second-order valence-electron chi connectivity index (χ2n) is 10.5. The van der Waals surface area contributed by atoms with Crippen molar-refractivity contribution in [2.24, 2.45) is 0 Å². The van der Waals surface area contributed by atoms with E-state index in [2.05, 4.69) is 54.4 Å². The number of aromatic nitrogens is 3. The van der Waals surface area contributed by atoms with Crippen LogP contribution in [-0.4, -0.2) is 40.8 Å². The van der Waals surface area contributed by atoms with Crippen LogP contribution in [0, 0.1) is 0 Å². The number of fused-ring (bicyclic) bond motifs is 1. The quantitative estimate of drug-likeness (QED) is 0.388. The maximum absolute atomic E-state index is 10.4. The van der Waals surface area contributed by atoms with Crippen molar-refractivity contribution in [3.63, 3.8) is 0 Å². The molecule has 0 spiro atoms. The van der Waals surface area contributed by atoms with Crippen molar-refractivity contribution in [1.29, 1.82) is 0 Å². The molecule has 1 aliphatic rings. The highest BCUT2D eigenvalue weighted by Gasteiger charge is 2.40. The zero-order valence-electron chi connectivity index (χ0n) is 20.0. The van der Waals surface area contributed by atoms with Crippen molar-refractivity contribution >= 4 is 36.5 Å². The van der Waals surface area contributed by atoms with Crippen LogP contribution in [0.25, 0.3) is 22.0 Å². The largest absolute Gasteiger partial charge is 0.507 e. The topological polar surface area (TPSA) is 80.2 Å². The van der Waals surface area contributed by atoms with Gasteiger partial charge in [0.15, 0.2) is 14.1 Å². The van der Waals surface area contributed by atoms with Crippen LogP contribution in [0.3, 0.4) is 0 Å². The van der Waals surface area contributed by atoms with E-state index < -0.39 is 8.32 Å². The molecule has 1 saturated carbocycles. The highest BCUT2D eigenvalue weighted by atomic mass is 35.5. The molecule has 0 amide bonds. The van der Waals surface area contributed by atoms with E-state index >= 15 is 0 Å². The van der Waals surface area contributed by atoms with Gasteiger partial charge in [-0.25, -0.2) is 0 Å². The Bertz CT molecular complexity index is 1150. The third-order valence-electron chi connectivity index (χ3n) is 7.03. The van der Waals surface area contributed by atoms with Gasteiger partial charge in [-0.05, 0) is 68.1 Å². The maximum Gasteiger partial charge on any atom is 0.192 e. The smallest absolute Gasteiger partial charge is 0.192 e. The molecule has 0 unspecified atom stereocenters. The van der Waals surface area contributed by atoms with Crippen LogP contribution in [0.4, 0.5) is 5.82 Å². The number of halogens is 1. The molecule has 1 aliphatic carbocycles. The van der Waals surface area contributed by atoms with Crippen molar-refractivity contribution in [3.05, 3.63) is 41.7 Å². The zero-order chi connectivity index (χ0) is 23.8. The van der Waals surface area contributed by atoms with Crippen LogP contribution in [0.2, 0.25) is 23.2 Å². The van der Waals surface area contributed by atoms with Crippen LogP contribution in [-0.2, 0) is 4.43 Å². The van der Waals surface area contributed by atoms with Crippen molar-refractivity contribution in [2.45, 2.75) is 76.7 Å². The first-order valence-electron chi connectivity index (χ1n) is 11.6. The summed E-state index contributed by atoms with van der Waals surface area (Å²) in [5.74, 6) is 0.793. The van der Waals surface area contributed by atoms with Crippen molar-refractivity contribution in [3.8, 4) is 17.0 Å². The lowest BCUT2D eigenvalue weighted by molar-refractivity contribution is 0.132. The van der Waals surface area contributed by atoms with Crippen LogP contribution in [0.15, 0.2) is 36.7 Å². The van der Waals surface area contributed by atoms with E-state index in [1.807, 2.05) is 6.07 Å². The van der Waals surface area contributed by atoms with Gasteiger partial charge in [0.25, 0.3) is 0 Å². The molecular weight excluding hydrogens is 452 g/mol. The van der Waals surface area contributed by atoms with Crippen LogP contribution < -0.4 is 5.32 Å². The van der Waals surface area contributed by atoms with E-state index in [1.54, 1.807) is 24.5 Å². The monoisotopic (exact) mass is 484 g/mol. The Morgan fingerprint density at radius 2 is 1.91 bits per heavy atom. The Morgan fingerprint density at radius 1 is 1.12 bits per heavy atom. The highest BCUT2D eigenvalue weighted by molar-refractivity contribution is 6.74. The number of hydrogen-bond donors (Lipinski definition) is 2. The first-order chi connectivity index (χ1) is 15.5. The predicted molar refractivity (Wildman–Crippen MR) is 137 cm³/mol. The Balaban J connectivity index is 1.58. The standard InChI is InChI=1S/C25H33ClN4O2Si/c1-25(2,3)33(4,5)32-18-8-6-7-17(14-18)28-24-21-15-27-12-11-19(21)23(29-30-24)20-10-9-16(26)13-22(20)31/h9-13,15,17-18,31H,6-8,14H2,1-5H3,(H,28,30)/t17-,18+/m1/s1. The summed E-state index contributed by atoms with van der Waals surface area (Å²) in [6, 6.07) is 7.19. The van der Waals surface area contributed by atoms with Gasteiger partial charge in [0.2, 0.25) is 0 Å². The SMILES string of the molecule is CC(C)(C)[Si](C)(C)O[C@H]1CCC[C@@H](Nc2nnc(-c3ccc(Cl)cc3O)c3ccncc23)C1. The van der Waals surface area contributed by atoms with Gasteiger partial charge >= 0.3 is 0 Å². The Morgan fingerprint density at radius 3 is 2.64 bits per heavy atom. The maximum atomic E-state index is 10.4. The lowest BCUT2D eigenvalue weighted by Crippen LogP contribution is -2.46. The summed E-state index contributed by atoms with van der Waals surface area (Å²) in [6.07, 6.45) is 8.05. The fraction of sp³-hybridized carbons (Fsp3) is 0.480. The van der Waals surface area contributed by atoms with Crippen LogP contribution in [0.1, 0.15) is 46.5 Å². The molecule has 0 saturated heterocycles. The van der Waals surface area contributed by atoms with Crippen molar-refractivity contribution in [1.82, 2.24) is 15.2 Å². The van der Waals surface area contributed by atoms with Gasteiger partial charge in [0, 0.05) is 45.9 Å². The van der Waals surface area contributed by atoms with Gasteiger partial charge in [0.05, 0.1) is 0 Å². The number of nitrogens with zero attached hydrogens (tertiary/aromatic N) is 3. The number of hydrogen-bond acceptors (Lipinski definition) is 6. The van der Waals surface area contributed by atoms with E-state index in [4.69, 9.17) is 16.0 Å². The van der Waals surface area contributed by atoms with E-state index in [0.29, 0.717) is 22.1 Å². The van der Waals surface area contributed by atoms with Gasteiger partial charge in [-0.3, -0.25) is 4.98 Å². The van der Waals surface area contributed by atoms with E-state index in [1.165, 1.54) is 6.07 Å². The number of pyridine rings is 1. The molecule has 2 heterocycles. The van der Waals surface area contributed by atoms with Crippen molar-refractivity contribution in [2.75, 3.05) is 5.32 Å². The van der Waals surface area contributed by atoms with E-state index in [0.717, 1.165) is 36.5 Å². The second-order valence-corrected chi connectivity index (χ2v) is 15.7. The van der Waals surface area contributed by atoms with Gasteiger partial charge < -0.3 is 14.8 Å².